The van der Waals surface area contributed by atoms with Gasteiger partial charge in [0.2, 0.25) is 5.91 Å². The molecule has 1 aliphatic carbocycles. The highest BCUT2D eigenvalue weighted by atomic mass is 35.5. The molecule has 1 heterocycles. The Balaban J connectivity index is 0.00000169. The standard InChI is InChI=1S/C20H31N3O.2ClH/c1-16(17-8-3-2-4-9-17)23-20(11-5-6-12-20)15-22-19(24)18-10-7-13-21-14-18;;/h2-4,8-9,16,18,21,23H,5-7,10-15H2,1H3,(H,22,24);2*1H. The number of carbonyl (C=O) groups is 1. The van der Waals surface area contributed by atoms with Crippen molar-refractivity contribution in [2.75, 3.05) is 19.6 Å². The molecule has 0 spiro atoms. The van der Waals surface area contributed by atoms with Gasteiger partial charge in [-0.3, -0.25) is 4.79 Å². The summed E-state index contributed by atoms with van der Waals surface area (Å²) in [6.45, 7) is 4.85. The highest BCUT2D eigenvalue weighted by Crippen LogP contribution is 2.32. The molecule has 3 rings (SSSR count). The molecule has 0 radical (unpaired) electrons. The zero-order chi connectivity index (χ0) is 16.8. The van der Waals surface area contributed by atoms with Crippen LogP contribution >= 0.6 is 24.8 Å². The second-order valence-electron chi connectivity index (χ2n) is 7.53. The number of hydrogen-bond acceptors (Lipinski definition) is 3. The van der Waals surface area contributed by atoms with E-state index in [1.165, 1.54) is 18.4 Å². The summed E-state index contributed by atoms with van der Waals surface area (Å²) in [6, 6.07) is 10.9. The van der Waals surface area contributed by atoms with Crippen LogP contribution in [0.5, 0.6) is 0 Å². The first-order valence-corrected chi connectivity index (χ1v) is 9.50. The number of nitrogens with one attached hydrogen (secondary N) is 3. The van der Waals surface area contributed by atoms with Crippen molar-refractivity contribution in [1.82, 2.24) is 16.0 Å². The Morgan fingerprint density at radius 1 is 1.19 bits per heavy atom. The maximum atomic E-state index is 12.5. The van der Waals surface area contributed by atoms with Gasteiger partial charge in [-0.1, -0.05) is 43.2 Å². The molecule has 1 saturated heterocycles. The molecule has 1 amide bonds. The largest absolute Gasteiger partial charge is 0.354 e. The average Bonchev–Trinajstić information content (AvgIpc) is 3.10. The normalized spacial score (nSPS) is 22.6. The average molecular weight is 402 g/mol. The van der Waals surface area contributed by atoms with Crippen LogP contribution in [0.15, 0.2) is 30.3 Å². The van der Waals surface area contributed by atoms with Gasteiger partial charge >= 0.3 is 0 Å². The molecule has 1 aromatic rings. The lowest BCUT2D eigenvalue weighted by atomic mass is 9.93. The van der Waals surface area contributed by atoms with Gasteiger partial charge in [-0.05, 0) is 44.7 Å². The van der Waals surface area contributed by atoms with Crippen molar-refractivity contribution in [3.8, 4) is 0 Å². The van der Waals surface area contributed by atoms with E-state index in [0.717, 1.165) is 45.3 Å². The van der Waals surface area contributed by atoms with Crippen molar-refractivity contribution in [2.45, 2.75) is 57.0 Å². The second kappa shape index (κ2) is 11.1. The Hall–Kier alpha value is -0.810. The van der Waals surface area contributed by atoms with Crippen LogP contribution in [0.3, 0.4) is 0 Å². The maximum absolute atomic E-state index is 12.5. The number of halogens is 2. The fourth-order valence-electron chi connectivity index (χ4n) is 4.18. The number of amides is 1. The summed E-state index contributed by atoms with van der Waals surface area (Å²) in [6.07, 6.45) is 6.90. The minimum absolute atomic E-state index is 0. The molecule has 6 heteroatoms. The predicted molar refractivity (Wildman–Crippen MR) is 112 cm³/mol. The van der Waals surface area contributed by atoms with E-state index in [2.05, 4.69) is 53.2 Å². The molecule has 2 fully saturated rings. The molecule has 4 nitrogen and oxygen atoms in total. The zero-order valence-corrected chi connectivity index (χ0v) is 17.3. The van der Waals surface area contributed by atoms with Gasteiger partial charge in [0.05, 0.1) is 5.92 Å². The van der Waals surface area contributed by atoms with Gasteiger partial charge in [0, 0.05) is 24.7 Å². The van der Waals surface area contributed by atoms with Crippen molar-refractivity contribution >= 4 is 30.7 Å². The van der Waals surface area contributed by atoms with Crippen LogP contribution in [-0.4, -0.2) is 31.1 Å². The minimum atomic E-state index is 0. The summed E-state index contributed by atoms with van der Waals surface area (Å²) in [7, 11) is 0. The summed E-state index contributed by atoms with van der Waals surface area (Å²) >= 11 is 0. The Morgan fingerprint density at radius 3 is 2.50 bits per heavy atom. The quantitative estimate of drug-likeness (QED) is 0.682. The Kier molecular flexibility index (Phi) is 9.94. The molecule has 1 aliphatic heterocycles. The van der Waals surface area contributed by atoms with Crippen molar-refractivity contribution in [3.05, 3.63) is 35.9 Å². The molecule has 2 aliphatic rings. The molecule has 148 valence electrons. The van der Waals surface area contributed by atoms with E-state index in [-0.39, 0.29) is 42.2 Å². The number of carbonyl (C=O) groups excluding carboxylic acids is 1. The molecule has 26 heavy (non-hydrogen) atoms. The van der Waals surface area contributed by atoms with Crippen LogP contribution in [0.25, 0.3) is 0 Å². The molecule has 2 unspecified atom stereocenters. The lowest BCUT2D eigenvalue weighted by molar-refractivity contribution is -0.125. The Bertz CT molecular complexity index is 529. The van der Waals surface area contributed by atoms with Crippen LogP contribution in [0, 0.1) is 5.92 Å². The van der Waals surface area contributed by atoms with E-state index in [1.54, 1.807) is 0 Å². The molecule has 2 atom stereocenters. The maximum Gasteiger partial charge on any atom is 0.224 e. The van der Waals surface area contributed by atoms with Gasteiger partial charge in [-0.25, -0.2) is 0 Å². The fourth-order valence-corrected chi connectivity index (χ4v) is 4.18. The van der Waals surface area contributed by atoms with Gasteiger partial charge in [0.25, 0.3) is 0 Å². The highest BCUT2D eigenvalue weighted by molar-refractivity contribution is 5.85. The van der Waals surface area contributed by atoms with Crippen molar-refractivity contribution in [2.24, 2.45) is 5.92 Å². The van der Waals surface area contributed by atoms with Gasteiger partial charge in [-0.2, -0.15) is 0 Å². The first kappa shape index (κ1) is 23.2. The summed E-state index contributed by atoms with van der Waals surface area (Å²) in [4.78, 5) is 12.5. The molecular weight excluding hydrogens is 369 g/mol. The summed E-state index contributed by atoms with van der Waals surface area (Å²) in [5.74, 6) is 0.367. The van der Waals surface area contributed by atoms with Crippen LogP contribution in [-0.2, 0) is 4.79 Å². The van der Waals surface area contributed by atoms with Crippen LogP contribution < -0.4 is 16.0 Å². The third kappa shape index (κ3) is 6.12. The van der Waals surface area contributed by atoms with E-state index in [9.17, 15) is 4.79 Å². The van der Waals surface area contributed by atoms with E-state index in [1.807, 2.05) is 0 Å². The zero-order valence-electron chi connectivity index (χ0n) is 15.6. The Labute approximate surface area is 170 Å². The van der Waals surface area contributed by atoms with E-state index < -0.39 is 0 Å². The van der Waals surface area contributed by atoms with Crippen molar-refractivity contribution in [1.29, 1.82) is 0 Å². The van der Waals surface area contributed by atoms with Crippen molar-refractivity contribution in [3.63, 3.8) is 0 Å². The molecule has 1 aromatic carbocycles. The third-order valence-corrected chi connectivity index (χ3v) is 5.65. The molecule has 0 aromatic heterocycles. The van der Waals surface area contributed by atoms with E-state index in [0.29, 0.717) is 6.04 Å². The number of hydrogen-bond donors (Lipinski definition) is 3. The van der Waals surface area contributed by atoms with E-state index >= 15 is 0 Å². The van der Waals surface area contributed by atoms with Gasteiger partial charge < -0.3 is 16.0 Å². The van der Waals surface area contributed by atoms with Crippen LogP contribution in [0.1, 0.15) is 57.1 Å². The lowest BCUT2D eigenvalue weighted by Crippen LogP contribution is -2.54. The number of rotatable bonds is 6. The summed E-state index contributed by atoms with van der Waals surface area (Å²) in [5.41, 5.74) is 1.36. The number of benzene rings is 1. The molecular formula is C20H33Cl2N3O. The molecule has 3 N–H and O–H groups in total. The van der Waals surface area contributed by atoms with Gasteiger partial charge in [0.15, 0.2) is 0 Å². The first-order valence-electron chi connectivity index (χ1n) is 9.50. The first-order chi connectivity index (χ1) is 11.7. The van der Waals surface area contributed by atoms with Crippen LogP contribution in [0.4, 0.5) is 0 Å². The van der Waals surface area contributed by atoms with Gasteiger partial charge in [-0.15, -0.1) is 24.8 Å². The predicted octanol–water partition coefficient (Wildman–Crippen LogP) is 3.61. The molecule has 0 bridgehead atoms. The monoisotopic (exact) mass is 401 g/mol. The SMILES string of the molecule is CC(NC1(CNC(=O)C2CCCNC2)CCCC1)c1ccccc1.Cl.Cl. The fraction of sp³-hybridized carbons (Fsp3) is 0.650. The highest BCUT2D eigenvalue weighted by Gasteiger charge is 2.36. The summed E-state index contributed by atoms with van der Waals surface area (Å²) < 4.78 is 0. The summed E-state index contributed by atoms with van der Waals surface area (Å²) in [5, 5.41) is 10.4. The molecule has 1 saturated carbocycles. The topological polar surface area (TPSA) is 53.2 Å². The smallest absolute Gasteiger partial charge is 0.224 e. The minimum Gasteiger partial charge on any atom is -0.354 e. The third-order valence-electron chi connectivity index (χ3n) is 5.65. The second-order valence-corrected chi connectivity index (χ2v) is 7.53. The van der Waals surface area contributed by atoms with Crippen LogP contribution in [0.2, 0.25) is 0 Å². The van der Waals surface area contributed by atoms with Crippen molar-refractivity contribution < 1.29 is 4.79 Å². The van der Waals surface area contributed by atoms with Gasteiger partial charge in [0.1, 0.15) is 0 Å². The van der Waals surface area contributed by atoms with E-state index in [4.69, 9.17) is 0 Å². The lowest BCUT2D eigenvalue weighted by Gasteiger charge is -2.35. The Morgan fingerprint density at radius 2 is 1.88 bits per heavy atom. The number of piperidine rings is 1.